The molecule has 9 heteroatoms. The lowest BCUT2D eigenvalue weighted by Crippen LogP contribution is -2.18. The molecule has 2 amide bonds. The standard InChI is InChI=1S/C9H8BrCl2NO.C9H7BrClNO/c10-7-2-1-6(5-8(7)12)13-9(14)3-4-11;10-6-3-5-1-2-9(13)12-8(5)4-7(6)11/h1-2,5H,3-4H2,(H,13,14);3-4H,1-2H2,(H,12,13). The van der Waals surface area contributed by atoms with Crippen molar-refractivity contribution >= 4 is 89.9 Å². The van der Waals surface area contributed by atoms with Crippen LogP contribution in [-0.2, 0) is 16.0 Å². The number of alkyl halides is 1. The Morgan fingerprint density at radius 3 is 2.44 bits per heavy atom. The van der Waals surface area contributed by atoms with Crippen molar-refractivity contribution in [2.75, 3.05) is 16.5 Å². The third kappa shape index (κ3) is 6.95. The topological polar surface area (TPSA) is 58.2 Å². The van der Waals surface area contributed by atoms with Gasteiger partial charge in [0.15, 0.2) is 0 Å². The van der Waals surface area contributed by atoms with Crippen LogP contribution in [0.15, 0.2) is 39.3 Å². The number of amides is 2. The number of carbonyl (C=O) groups excluding carboxylic acids is 2. The first kappa shape index (κ1) is 22.5. The van der Waals surface area contributed by atoms with Gasteiger partial charge in [0.2, 0.25) is 11.8 Å². The van der Waals surface area contributed by atoms with Crippen LogP contribution >= 0.6 is 66.7 Å². The van der Waals surface area contributed by atoms with E-state index in [4.69, 9.17) is 34.8 Å². The molecule has 0 bridgehead atoms. The summed E-state index contributed by atoms with van der Waals surface area (Å²) in [7, 11) is 0. The van der Waals surface area contributed by atoms with E-state index in [9.17, 15) is 9.59 Å². The summed E-state index contributed by atoms with van der Waals surface area (Å²) in [5, 5.41) is 6.66. The number of hydrogen-bond donors (Lipinski definition) is 2. The number of nitrogens with one attached hydrogen (secondary N) is 2. The van der Waals surface area contributed by atoms with Crippen molar-refractivity contribution in [3.05, 3.63) is 54.9 Å². The van der Waals surface area contributed by atoms with Crippen LogP contribution in [0.5, 0.6) is 0 Å². The number of carbonyl (C=O) groups is 2. The van der Waals surface area contributed by atoms with Crippen LogP contribution in [0, 0.1) is 0 Å². The zero-order valence-corrected chi connectivity index (χ0v) is 19.4. The first-order chi connectivity index (χ1) is 12.8. The van der Waals surface area contributed by atoms with Gasteiger partial charge >= 0.3 is 0 Å². The van der Waals surface area contributed by atoms with Crippen LogP contribution in [-0.4, -0.2) is 17.7 Å². The zero-order chi connectivity index (χ0) is 20.0. The Bertz CT molecular complexity index is 863. The van der Waals surface area contributed by atoms with Crippen molar-refractivity contribution in [2.24, 2.45) is 0 Å². The maximum Gasteiger partial charge on any atom is 0.225 e. The number of benzene rings is 2. The Kier molecular flexibility index (Phi) is 8.89. The fraction of sp³-hybridized carbons (Fsp3) is 0.222. The molecule has 4 nitrogen and oxygen atoms in total. The summed E-state index contributed by atoms with van der Waals surface area (Å²) in [6, 6.07) is 8.95. The van der Waals surface area contributed by atoms with Crippen LogP contribution in [0.2, 0.25) is 10.0 Å². The van der Waals surface area contributed by atoms with Crippen molar-refractivity contribution in [1.82, 2.24) is 0 Å². The van der Waals surface area contributed by atoms with Crippen molar-refractivity contribution < 1.29 is 9.59 Å². The van der Waals surface area contributed by atoms with Crippen molar-refractivity contribution in [2.45, 2.75) is 19.3 Å². The highest BCUT2D eigenvalue weighted by molar-refractivity contribution is 9.10. The largest absolute Gasteiger partial charge is 0.326 e. The summed E-state index contributed by atoms with van der Waals surface area (Å²) in [6.45, 7) is 0. The Hall–Kier alpha value is -0.790. The Labute approximate surface area is 189 Å². The smallest absolute Gasteiger partial charge is 0.225 e. The normalized spacial score (nSPS) is 12.4. The monoisotopic (exact) mass is 554 g/mol. The molecule has 2 aromatic carbocycles. The van der Waals surface area contributed by atoms with Gasteiger partial charge in [-0.1, -0.05) is 23.2 Å². The van der Waals surface area contributed by atoms with E-state index in [2.05, 4.69) is 42.5 Å². The van der Waals surface area contributed by atoms with Gasteiger partial charge in [-0.15, -0.1) is 11.6 Å². The van der Waals surface area contributed by atoms with Gasteiger partial charge in [0.25, 0.3) is 0 Å². The quantitative estimate of drug-likeness (QED) is 0.415. The molecule has 1 aliphatic rings. The van der Waals surface area contributed by atoms with Crippen molar-refractivity contribution in [3.8, 4) is 0 Å². The number of hydrogen-bond acceptors (Lipinski definition) is 2. The summed E-state index contributed by atoms with van der Waals surface area (Å²) >= 11 is 23.8. The van der Waals surface area contributed by atoms with E-state index in [-0.39, 0.29) is 11.8 Å². The van der Waals surface area contributed by atoms with Crippen LogP contribution in [0.4, 0.5) is 11.4 Å². The molecule has 0 saturated carbocycles. The lowest BCUT2D eigenvalue weighted by molar-refractivity contribution is -0.117. The SMILES string of the molecule is O=C(CCCl)Nc1ccc(Br)c(Cl)c1.O=C1CCc2cc(Br)c(Cl)cc2N1. The molecule has 0 unspecified atom stereocenters. The average molecular weight is 557 g/mol. The number of fused-ring (bicyclic) bond motifs is 1. The third-order valence-corrected chi connectivity index (χ3v) is 6.19. The van der Waals surface area contributed by atoms with Gasteiger partial charge in [-0.2, -0.15) is 0 Å². The molecule has 0 spiro atoms. The van der Waals surface area contributed by atoms with E-state index in [0.29, 0.717) is 34.5 Å². The molecule has 0 aliphatic carbocycles. The highest BCUT2D eigenvalue weighted by Crippen LogP contribution is 2.32. The number of aryl methyl sites for hydroxylation is 1. The lowest BCUT2D eigenvalue weighted by atomic mass is 10.0. The summed E-state index contributed by atoms with van der Waals surface area (Å²) in [5.41, 5.74) is 2.65. The lowest BCUT2D eigenvalue weighted by Gasteiger charge is -2.17. The van der Waals surface area contributed by atoms with Gasteiger partial charge in [-0.05, 0) is 74.2 Å². The molecule has 2 N–H and O–H groups in total. The second-order valence-corrected chi connectivity index (χ2v) is 8.49. The van der Waals surface area contributed by atoms with Crippen LogP contribution in [0.25, 0.3) is 0 Å². The number of rotatable bonds is 3. The van der Waals surface area contributed by atoms with Gasteiger partial charge < -0.3 is 10.6 Å². The summed E-state index contributed by atoms with van der Waals surface area (Å²) in [6.07, 6.45) is 1.65. The maximum absolute atomic E-state index is 11.2. The first-order valence-corrected chi connectivity index (χ1v) is 10.8. The second kappa shape index (κ2) is 10.7. The molecule has 0 fully saturated rings. The van der Waals surface area contributed by atoms with Gasteiger partial charge in [-0.3, -0.25) is 9.59 Å². The molecular weight excluding hydrogens is 542 g/mol. The molecule has 3 rings (SSSR count). The number of halogens is 5. The minimum atomic E-state index is -0.113. The predicted molar refractivity (Wildman–Crippen MR) is 119 cm³/mol. The molecule has 2 aromatic rings. The van der Waals surface area contributed by atoms with Crippen LogP contribution < -0.4 is 10.6 Å². The van der Waals surface area contributed by atoms with Crippen molar-refractivity contribution in [1.29, 1.82) is 0 Å². The zero-order valence-electron chi connectivity index (χ0n) is 13.9. The van der Waals surface area contributed by atoms with Crippen LogP contribution in [0.3, 0.4) is 0 Å². The summed E-state index contributed by atoms with van der Waals surface area (Å²) < 4.78 is 1.68. The number of anilines is 2. The highest BCUT2D eigenvalue weighted by atomic mass is 79.9. The summed E-state index contributed by atoms with van der Waals surface area (Å²) in [5.74, 6) is 0.264. The van der Waals surface area contributed by atoms with Crippen LogP contribution in [0.1, 0.15) is 18.4 Å². The predicted octanol–water partition coefficient (Wildman–Crippen LogP) is 6.66. The molecular formula is C18H15Br2Cl3N2O2. The molecule has 1 heterocycles. The molecule has 0 atom stereocenters. The Morgan fingerprint density at radius 1 is 1.07 bits per heavy atom. The molecule has 27 heavy (non-hydrogen) atoms. The fourth-order valence-corrected chi connectivity index (χ4v) is 3.41. The molecule has 0 saturated heterocycles. The minimum Gasteiger partial charge on any atom is -0.326 e. The van der Waals surface area contributed by atoms with E-state index in [1.54, 1.807) is 24.3 Å². The van der Waals surface area contributed by atoms with E-state index >= 15 is 0 Å². The second-order valence-electron chi connectivity index (χ2n) is 5.59. The minimum absolute atomic E-state index is 0.0610. The van der Waals surface area contributed by atoms with Gasteiger partial charge in [-0.25, -0.2) is 0 Å². The van der Waals surface area contributed by atoms with Gasteiger partial charge in [0.05, 0.1) is 10.0 Å². The average Bonchev–Trinajstić information content (AvgIpc) is 2.60. The van der Waals surface area contributed by atoms with E-state index in [1.807, 2.05) is 6.07 Å². The fourth-order valence-electron chi connectivity index (χ4n) is 2.26. The van der Waals surface area contributed by atoms with E-state index in [1.165, 1.54) is 0 Å². The molecule has 1 aliphatic heterocycles. The Morgan fingerprint density at radius 2 is 1.78 bits per heavy atom. The Balaban J connectivity index is 0.000000194. The third-order valence-electron chi connectivity index (χ3n) is 3.57. The summed E-state index contributed by atoms with van der Waals surface area (Å²) in [4.78, 5) is 22.2. The van der Waals surface area contributed by atoms with Gasteiger partial charge in [0.1, 0.15) is 0 Å². The van der Waals surface area contributed by atoms with E-state index in [0.717, 1.165) is 26.6 Å². The molecule has 144 valence electrons. The highest BCUT2D eigenvalue weighted by Gasteiger charge is 2.15. The first-order valence-electron chi connectivity index (χ1n) is 7.88. The van der Waals surface area contributed by atoms with Crippen molar-refractivity contribution in [3.63, 3.8) is 0 Å². The van der Waals surface area contributed by atoms with Gasteiger partial charge in [0, 0.05) is 39.0 Å². The molecule has 0 radical (unpaired) electrons. The van der Waals surface area contributed by atoms with E-state index < -0.39 is 0 Å². The molecule has 0 aromatic heterocycles. The maximum atomic E-state index is 11.2.